The van der Waals surface area contributed by atoms with Crippen molar-refractivity contribution in [2.24, 2.45) is 0 Å². The Balaban J connectivity index is 1.44. The van der Waals surface area contributed by atoms with Crippen LogP contribution in [0.2, 0.25) is 0 Å². The van der Waals surface area contributed by atoms with Gasteiger partial charge in [0.2, 0.25) is 11.1 Å². The van der Waals surface area contributed by atoms with Crippen molar-refractivity contribution in [1.29, 1.82) is 0 Å². The molecule has 0 aliphatic heterocycles. The topological polar surface area (TPSA) is 76.8 Å². The molecular weight excluding hydrogens is 448 g/mol. The molecule has 0 bridgehead atoms. The molecule has 0 aliphatic carbocycles. The molecule has 0 spiro atoms. The van der Waals surface area contributed by atoms with E-state index >= 15 is 0 Å². The first kappa shape index (κ1) is 21.7. The fourth-order valence-electron chi connectivity index (χ4n) is 3.18. The van der Waals surface area contributed by atoms with Gasteiger partial charge in [-0.25, -0.2) is 9.67 Å². The average molecular weight is 471 g/mol. The number of anilines is 2. The number of aryl methyl sites for hydroxylation is 4. The van der Waals surface area contributed by atoms with Crippen LogP contribution in [0.25, 0.3) is 0 Å². The van der Waals surface area contributed by atoms with Crippen LogP contribution in [-0.2, 0) is 23.5 Å². The molecule has 3 aromatic heterocycles. The Morgan fingerprint density at radius 1 is 1.23 bits per heavy atom. The first-order valence-electron chi connectivity index (χ1n) is 9.75. The first-order chi connectivity index (χ1) is 15.0. The average Bonchev–Trinajstić information content (AvgIpc) is 3.49. The maximum absolute atomic E-state index is 12.4. The number of amides is 1. The molecule has 4 aromatic rings. The zero-order chi connectivity index (χ0) is 21.8. The quantitative estimate of drug-likeness (QED) is 0.336. The molecule has 1 aromatic carbocycles. The van der Waals surface area contributed by atoms with Crippen molar-refractivity contribution in [2.75, 3.05) is 4.90 Å². The monoisotopic (exact) mass is 470 g/mol. The summed E-state index contributed by atoms with van der Waals surface area (Å²) in [7, 11) is 0. The van der Waals surface area contributed by atoms with E-state index in [0.29, 0.717) is 10.9 Å². The SMILES string of the molecule is CC(=O)N(c1nc(CSc2nnnn2CCc2cccs2)cs1)c1ccc(C)cc1C. The molecule has 7 nitrogen and oxygen atoms in total. The van der Waals surface area contributed by atoms with Crippen molar-refractivity contribution < 1.29 is 4.79 Å². The maximum atomic E-state index is 12.4. The van der Waals surface area contributed by atoms with E-state index in [9.17, 15) is 4.79 Å². The fourth-order valence-corrected chi connectivity index (χ4v) is 5.66. The van der Waals surface area contributed by atoms with Crippen molar-refractivity contribution in [3.63, 3.8) is 0 Å². The molecule has 0 N–H and O–H groups in total. The number of thiazole rings is 1. The summed E-state index contributed by atoms with van der Waals surface area (Å²) < 4.78 is 1.83. The van der Waals surface area contributed by atoms with Gasteiger partial charge in [-0.15, -0.1) is 27.8 Å². The molecule has 0 unspecified atom stereocenters. The van der Waals surface area contributed by atoms with Gasteiger partial charge in [0.25, 0.3) is 0 Å². The van der Waals surface area contributed by atoms with Crippen molar-refractivity contribution in [3.8, 4) is 0 Å². The number of thiophene rings is 1. The van der Waals surface area contributed by atoms with Crippen LogP contribution in [0.4, 0.5) is 10.8 Å². The van der Waals surface area contributed by atoms with Crippen LogP contribution < -0.4 is 4.90 Å². The number of benzene rings is 1. The Hall–Kier alpha value is -2.56. The highest BCUT2D eigenvalue weighted by Crippen LogP contribution is 2.33. The third-order valence-corrected chi connectivity index (χ3v) is 7.44. The Morgan fingerprint density at radius 3 is 2.84 bits per heavy atom. The van der Waals surface area contributed by atoms with Crippen LogP contribution >= 0.6 is 34.4 Å². The van der Waals surface area contributed by atoms with E-state index in [1.807, 2.05) is 36.0 Å². The number of carbonyl (C=O) groups is 1. The van der Waals surface area contributed by atoms with Gasteiger partial charge in [-0.2, -0.15) is 0 Å². The molecule has 0 saturated heterocycles. The molecule has 160 valence electrons. The van der Waals surface area contributed by atoms with Crippen molar-refractivity contribution in [3.05, 3.63) is 62.8 Å². The van der Waals surface area contributed by atoms with Gasteiger partial charge in [-0.3, -0.25) is 9.69 Å². The second-order valence-corrected chi connectivity index (χ2v) is 9.88. The molecule has 3 heterocycles. The van der Waals surface area contributed by atoms with Crippen LogP contribution in [0.15, 0.2) is 46.2 Å². The van der Waals surface area contributed by atoms with Gasteiger partial charge < -0.3 is 0 Å². The number of thioether (sulfide) groups is 1. The van der Waals surface area contributed by atoms with E-state index in [-0.39, 0.29) is 5.91 Å². The highest BCUT2D eigenvalue weighted by Gasteiger charge is 2.20. The predicted molar refractivity (Wildman–Crippen MR) is 126 cm³/mol. The zero-order valence-electron chi connectivity index (χ0n) is 17.5. The number of hydrogen-bond acceptors (Lipinski definition) is 8. The Bertz CT molecular complexity index is 1170. The van der Waals surface area contributed by atoms with Gasteiger partial charge in [0.15, 0.2) is 5.13 Å². The number of hydrogen-bond donors (Lipinski definition) is 0. The Labute approximate surface area is 193 Å². The zero-order valence-corrected chi connectivity index (χ0v) is 19.9. The van der Waals surface area contributed by atoms with Gasteiger partial charge in [0.05, 0.1) is 17.9 Å². The van der Waals surface area contributed by atoms with Gasteiger partial charge in [0, 0.05) is 29.4 Å². The largest absolute Gasteiger partial charge is 0.274 e. The molecule has 1 amide bonds. The minimum Gasteiger partial charge on any atom is -0.274 e. The lowest BCUT2D eigenvalue weighted by Crippen LogP contribution is -2.23. The van der Waals surface area contributed by atoms with Crippen molar-refractivity contribution in [2.45, 2.75) is 44.6 Å². The van der Waals surface area contributed by atoms with E-state index < -0.39 is 0 Å². The number of tetrazole rings is 1. The lowest BCUT2D eigenvalue weighted by atomic mass is 10.1. The third kappa shape index (κ3) is 5.20. The summed E-state index contributed by atoms with van der Waals surface area (Å²) in [6, 6.07) is 10.2. The van der Waals surface area contributed by atoms with E-state index in [0.717, 1.165) is 40.6 Å². The van der Waals surface area contributed by atoms with Crippen LogP contribution in [-0.4, -0.2) is 31.1 Å². The second kappa shape index (κ2) is 9.71. The van der Waals surface area contributed by atoms with E-state index in [1.54, 1.807) is 34.9 Å². The Kier molecular flexibility index (Phi) is 6.79. The fraction of sp³-hybridized carbons (Fsp3) is 0.286. The van der Waals surface area contributed by atoms with Gasteiger partial charge >= 0.3 is 0 Å². The molecule has 0 fully saturated rings. The van der Waals surface area contributed by atoms with E-state index in [2.05, 4.69) is 39.1 Å². The number of aromatic nitrogens is 5. The molecule has 4 rings (SSSR count). The standard InChI is InChI=1S/C21H22N6OS3/c1-14-6-7-19(15(2)11-14)27(16(3)28)20-22-17(12-30-20)13-31-21-23-24-25-26(21)9-8-18-5-4-10-29-18/h4-7,10-12H,8-9,13H2,1-3H3. The second-order valence-electron chi connectivity index (χ2n) is 7.07. The number of carbonyl (C=O) groups excluding carboxylic acids is 1. The lowest BCUT2D eigenvalue weighted by molar-refractivity contribution is -0.115. The highest BCUT2D eigenvalue weighted by atomic mass is 32.2. The molecule has 0 saturated carbocycles. The number of nitrogens with zero attached hydrogens (tertiary/aromatic N) is 6. The molecule has 31 heavy (non-hydrogen) atoms. The maximum Gasteiger partial charge on any atom is 0.230 e. The normalized spacial score (nSPS) is 11.1. The minimum atomic E-state index is -0.0574. The summed E-state index contributed by atoms with van der Waals surface area (Å²) >= 11 is 4.76. The molecular formula is C21H22N6OS3. The molecule has 10 heteroatoms. The minimum absolute atomic E-state index is 0.0574. The first-order valence-corrected chi connectivity index (χ1v) is 12.5. The molecule has 0 aliphatic rings. The highest BCUT2D eigenvalue weighted by molar-refractivity contribution is 7.98. The summed E-state index contributed by atoms with van der Waals surface area (Å²) in [4.78, 5) is 20.1. The summed E-state index contributed by atoms with van der Waals surface area (Å²) in [5.74, 6) is 0.576. The van der Waals surface area contributed by atoms with E-state index in [4.69, 9.17) is 4.98 Å². The summed E-state index contributed by atoms with van der Waals surface area (Å²) in [6.45, 7) is 6.36. The lowest BCUT2D eigenvalue weighted by Gasteiger charge is -2.20. The summed E-state index contributed by atoms with van der Waals surface area (Å²) in [5, 5.41) is 17.6. The predicted octanol–water partition coefficient (Wildman–Crippen LogP) is 5.03. The summed E-state index contributed by atoms with van der Waals surface area (Å²) in [5.41, 5.74) is 3.97. The van der Waals surface area contributed by atoms with E-state index in [1.165, 1.54) is 16.2 Å². The van der Waals surface area contributed by atoms with Gasteiger partial charge in [0.1, 0.15) is 0 Å². The molecule has 0 radical (unpaired) electrons. The van der Waals surface area contributed by atoms with Crippen LogP contribution in [0.5, 0.6) is 0 Å². The van der Waals surface area contributed by atoms with Crippen LogP contribution in [0.3, 0.4) is 0 Å². The summed E-state index contributed by atoms with van der Waals surface area (Å²) in [6.07, 6.45) is 0.903. The van der Waals surface area contributed by atoms with Crippen molar-refractivity contribution in [1.82, 2.24) is 25.2 Å². The Morgan fingerprint density at radius 2 is 2.10 bits per heavy atom. The molecule has 0 atom stereocenters. The van der Waals surface area contributed by atoms with Gasteiger partial charge in [-0.1, -0.05) is 35.5 Å². The van der Waals surface area contributed by atoms with Crippen molar-refractivity contribution >= 4 is 51.2 Å². The smallest absolute Gasteiger partial charge is 0.230 e. The third-order valence-electron chi connectivity index (χ3n) is 4.64. The number of rotatable bonds is 8. The van der Waals surface area contributed by atoms with Crippen LogP contribution in [0.1, 0.15) is 28.6 Å². The van der Waals surface area contributed by atoms with Gasteiger partial charge in [-0.05, 0) is 47.4 Å². The van der Waals surface area contributed by atoms with Crippen LogP contribution in [0, 0.1) is 13.8 Å².